The maximum atomic E-state index is 14.7. The molecule has 0 radical (unpaired) electrons. The van der Waals surface area contributed by atoms with Gasteiger partial charge in [0.1, 0.15) is 17.2 Å². The molecule has 27 heavy (non-hydrogen) atoms. The summed E-state index contributed by atoms with van der Waals surface area (Å²) < 4.78 is 21.1. The van der Waals surface area contributed by atoms with Crippen molar-refractivity contribution in [1.29, 1.82) is 0 Å². The Morgan fingerprint density at radius 2 is 2.04 bits per heavy atom. The van der Waals surface area contributed by atoms with Crippen LogP contribution in [0.3, 0.4) is 0 Å². The monoisotopic (exact) mass is 392 g/mol. The van der Waals surface area contributed by atoms with Gasteiger partial charge < -0.3 is 14.9 Å². The zero-order valence-corrected chi connectivity index (χ0v) is 15.5. The van der Waals surface area contributed by atoms with Crippen molar-refractivity contribution >= 4 is 22.6 Å². The standard InChI is InChI=1S/C19H18ClFN2O4/c1-10(2)8-23-18-11(4-3-7-22-18)16(25)15(19(23)26)14-13(21)6-5-12(20)17(14)27-9-24/h3-7,10,24-25H,8-9H2,1-2H3. The first-order valence-corrected chi connectivity index (χ1v) is 8.67. The van der Waals surface area contributed by atoms with Gasteiger partial charge in [-0.3, -0.25) is 9.36 Å². The van der Waals surface area contributed by atoms with Gasteiger partial charge in [-0.1, -0.05) is 25.4 Å². The molecule has 0 spiro atoms. The number of aromatic hydroxyl groups is 1. The van der Waals surface area contributed by atoms with Crippen LogP contribution >= 0.6 is 11.6 Å². The summed E-state index contributed by atoms with van der Waals surface area (Å²) in [6, 6.07) is 5.51. The molecule has 0 unspecified atom stereocenters. The lowest BCUT2D eigenvalue weighted by atomic mass is 10.0. The number of aromatic nitrogens is 2. The number of aliphatic hydroxyl groups excluding tert-OH is 1. The Morgan fingerprint density at radius 3 is 2.70 bits per heavy atom. The van der Waals surface area contributed by atoms with E-state index in [9.17, 15) is 14.3 Å². The lowest BCUT2D eigenvalue weighted by Crippen LogP contribution is -2.25. The van der Waals surface area contributed by atoms with Crippen molar-refractivity contribution in [1.82, 2.24) is 9.55 Å². The predicted octanol–water partition coefficient (Wildman–Crippen LogP) is 3.55. The van der Waals surface area contributed by atoms with Crippen LogP contribution in [0.2, 0.25) is 5.02 Å². The average molecular weight is 393 g/mol. The van der Waals surface area contributed by atoms with Crippen LogP contribution < -0.4 is 10.3 Å². The molecular formula is C19H18ClFN2O4. The van der Waals surface area contributed by atoms with Crippen LogP contribution in [-0.2, 0) is 6.54 Å². The Labute approximate surface area is 159 Å². The molecule has 1 aromatic carbocycles. The zero-order chi connectivity index (χ0) is 19.7. The minimum Gasteiger partial charge on any atom is -0.506 e. The van der Waals surface area contributed by atoms with Gasteiger partial charge in [-0.15, -0.1) is 0 Å². The van der Waals surface area contributed by atoms with Gasteiger partial charge in [0.2, 0.25) is 0 Å². The van der Waals surface area contributed by atoms with E-state index in [0.717, 1.165) is 6.07 Å². The Kier molecular flexibility index (Phi) is 5.34. The first-order valence-electron chi connectivity index (χ1n) is 8.29. The first-order chi connectivity index (χ1) is 12.9. The molecule has 0 bridgehead atoms. The van der Waals surface area contributed by atoms with Crippen LogP contribution in [0.4, 0.5) is 4.39 Å². The molecule has 2 heterocycles. The lowest BCUT2D eigenvalue weighted by Gasteiger charge is -2.18. The summed E-state index contributed by atoms with van der Waals surface area (Å²) in [5.41, 5.74) is -0.928. The zero-order valence-electron chi connectivity index (χ0n) is 14.7. The van der Waals surface area contributed by atoms with E-state index in [0.29, 0.717) is 17.6 Å². The van der Waals surface area contributed by atoms with E-state index in [1.54, 1.807) is 12.1 Å². The third-order valence-electron chi connectivity index (χ3n) is 4.06. The van der Waals surface area contributed by atoms with Gasteiger partial charge in [-0.05, 0) is 30.2 Å². The highest BCUT2D eigenvalue weighted by Gasteiger charge is 2.26. The SMILES string of the molecule is CC(C)Cn1c(=O)c(-c2c(F)ccc(Cl)c2OCO)c(O)c2cccnc21. The van der Waals surface area contributed by atoms with Crippen molar-refractivity contribution < 1.29 is 19.3 Å². The topological polar surface area (TPSA) is 84.6 Å². The quantitative estimate of drug-likeness (QED) is 0.649. The van der Waals surface area contributed by atoms with Crippen LogP contribution in [0.25, 0.3) is 22.2 Å². The number of benzene rings is 1. The van der Waals surface area contributed by atoms with Crippen LogP contribution in [0.5, 0.6) is 11.5 Å². The summed E-state index contributed by atoms with van der Waals surface area (Å²) >= 11 is 6.07. The van der Waals surface area contributed by atoms with Crippen molar-refractivity contribution in [3.8, 4) is 22.6 Å². The fraction of sp³-hybridized carbons (Fsp3) is 0.263. The third kappa shape index (κ3) is 3.36. The molecule has 0 atom stereocenters. The highest BCUT2D eigenvalue weighted by atomic mass is 35.5. The van der Waals surface area contributed by atoms with Gasteiger partial charge in [-0.2, -0.15) is 0 Å². The van der Waals surface area contributed by atoms with Crippen molar-refractivity contribution in [2.45, 2.75) is 20.4 Å². The van der Waals surface area contributed by atoms with Gasteiger partial charge in [0.15, 0.2) is 12.5 Å². The van der Waals surface area contributed by atoms with E-state index in [4.69, 9.17) is 21.4 Å². The van der Waals surface area contributed by atoms with Crippen LogP contribution in [0.15, 0.2) is 35.3 Å². The minimum atomic E-state index is -0.811. The molecule has 0 saturated heterocycles. The second-order valence-corrected chi connectivity index (χ2v) is 6.82. The molecule has 8 heteroatoms. The molecule has 0 fully saturated rings. The van der Waals surface area contributed by atoms with Crippen LogP contribution in [0, 0.1) is 11.7 Å². The second-order valence-electron chi connectivity index (χ2n) is 6.41. The third-order valence-corrected chi connectivity index (χ3v) is 4.36. The number of fused-ring (bicyclic) bond motifs is 1. The lowest BCUT2D eigenvalue weighted by molar-refractivity contribution is 0.0988. The Bertz CT molecular complexity index is 1070. The highest BCUT2D eigenvalue weighted by molar-refractivity contribution is 6.32. The molecule has 142 valence electrons. The molecule has 2 aromatic heterocycles. The van der Waals surface area contributed by atoms with Gasteiger partial charge in [0, 0.05) is 12.7 Å². The summed E-state index contributed by atoms with van der Waals surface area (Å²) in [5.74, 6) is -1.35. The molecule has 0 aliphatic rings. The molecule has 0 saturated carbocycles. The Hall–Kier alpha value is -2.64. The largest absolute Gasteiger partial charge is 0.506 e. The average Bonchev–Trinajstić information content (AvgIpc) is 2.64. The van der Waals surface area contributed by atoms with Gasteiger partial charge in [0.05, 0.1) is 21.5 Å². The number of nitrogens with zero attached hydrogens (tertiary/aromatic N) is 2. The minimum absolute atomic E-state index is 0.000873. The van der Waals surface area contributed by atoms with Crippen molar-refractivity contribution in [3.63, 3.8) is 0 Å². The summed E-state index contributed by atoms with van der Waals surface area (Å²) in [7, 11) is 0. The predicted molar refractivity (Wildman–Crippen MR) is 101 cm³/mol. The molecule has 2 N–H and O–H groups in total. The summed E-state index contributed by atoms with van der Waals surface area (Å²) in [6.07, 6.45) is 1.51. The molecule has 3 rings (SSSR count). The van der Waals surface area contributed by atoms with Gasteiger partial charge in [-0.25, -0.2) is 9.37 Å². The fourth-order valence-corrected chi connectivity index (χ4v) is 3.21. The number of aliphatic hydroxyl groups is 1. The summed E-state index contributed by atoms with van der Waals surface area (Å²) in [5, 5.41) is 20.2. The van der Waals surface area contributed by atoms with E-state index in [2.05, 4.69) is 4.98 Å². The Balaban J connectivity index is 2.47. The van der Waals surface area contributed by atoms with Gasteiger partial charge >= 0.3 is 0 Å². The number of pyridine rings is 2. The number of rotatable bonds is 5. The highest BCUT2D eigenvalue weighted by Crippen LogP contribution is 2.42. The van der Waals surface area contributed by atoms with Crippen LogP contribution in [0.1, 0.15) is 13.8 Å². The van der Waals surface area contributed by atoms with E-state index >= 15 is 0 Å². The van der Waals surface area contributed by atoms with Crippen molar-refractivity contribution in [3.05, 3.63) is 51.7 Å². The van der Waals surface area contributed by atoms with E-state index in [1.165, 1.54) is 16.8 Å². The van der Waals surface area contributed by atoms with Crippen LogP contribution in [-0.4, -0.2) is 26.6 Å². The van der Waals surface area contributed by atoms with Gasteiger partial charge in [0.25, 0.3) is 5.56 Å². The normalized spacial score (nSPS) is 11.3. The summed E-state index contributed by atoms with van der Waals surface area (Å²) in [6.45, 7) is 3.40. The van der Waals surface area contributed by atoms with Crippen molar-refractivity contribution in [2.75, 3.05) is 6.79 Å². The van der Waals surface area contributed by atoms with E-state index in [-0.39, 0.29) is 27.8 Å². The summed E-state index contributed by atoms with van der Waals surface area (Å²) in [4.78, 5) is 17.4. The van der Waals surface area contributed by atoms with Crippen molar-refractivity contribution in [2.24, 2.45) is 5.92 Å². The Morgan fingerprint density at radius 1 is 1.30 bits per heavy atom. The number of hydrogen-bond acceptors (Lipinski definition) is 5. The fourth-order valence-electron chi connectivity index (χ4n) is 3.00. The smallest absolute Gasteiger partial charge is 0.264 e. The molecule has 0 amide bonds. The number of hydrogen-bond donors (Lipinski definition) is 2. The van der Waals surface area contributed by atoms with E-state index in [1.807, 2.05) is 13.8 Å². The molecule has 0 aliphatic heterocycles. The second kappa shape index (κ2) is 7.54. The molecule has 6 nitrogen and oxygen atoms in total. The maximum Gasteiger partial charge on any atom is 0.264 e. The first kappa shape index (κ1) is 19.1. The maximum absolute atomic E-state index is 14.7. The molecular weight excluding hydrogens is 375 g/mol. The number of halogens is 2. The molecule has 3 aromatic rings. The van der Waals surface area contributed by atoms with E-state index < -0.39 is 23.9 Å². The number of ether oxygens (including phenoxy) is 1. The molecule has 0 aliphatic carbocycles.